The first-order valence-corrected chi connectivity index (χ1v) is 13.3. The first-order valence-electron chi connectivity index (χ1n) is 10.4. The van der Waals surface area contributed by atoms with Crippen molar-refractivity contribution in [3.63, 3.8) is 0 Å². The summed E-state index contributed by atoms with van der Waals surface area (Å²) in [6.45, 7) is 11.8. The molecule has 0 saturated heterocycles. The lowest BCUT2D eigenvalue weighted by molar-refractivity contribution is -0.113. The lowest BCUT2D eigenvalue weighted by Crippen LogP contribution is -2.42. The highest BCUT2D eigenvalue weighted by Gasteiger charge is 2.46. The summed E-state index contributed by atoms with van der Waals surface area (Å²) in [4.78, 5) is 13.1. The summed E-state index contributed by atoms with van der Waals surface area (Å²) in [5, 5.41) is 0.0701. The van der Waals surface area contributed by atoms with E-state index in [1.165, 1.54) is 0 Å². The number of Topliss-reactive ketones (excluding diaryl/α,β-unsaturated/α-hetero) is 1. The maximum absolute atomic E-state index is 13.1. The van der Waals surface area contributed by atoms with Crippen LogP contribution in [-0.4, -0.2) is 20.7 Å². The Balaban J connectivity index is 1.93. The van der Waals surface area contributed by atoms with E-state index in [1.54, 1.807) is 0 Å². The second kappa shape index (κ2) is 7.26. The van der Waals surface area contributed by atoms with Crippen molar-refractivity contribution >= 4 is 19.7 Å². The smallest absolute Gasteiger partial charge is 0.193 e. The highest BCUT2D eigenvalue weighted by atomic mass is 28.4. The van der Waals surface area contributed by atoms with Gasteiger partial charge in [-0.05, 0) is 35.3 Å². The number of hydrogen-bond acceptors (Lipinski definition) is 3. The van der Waals surface area contributed by atoms with E-state index in [0.29, 0.717) is 13.0 Å². The molecule has 4 heteroatoms. The molecule has 0 saturated carbocycles. The Bertz CT molecular complexity index is 954. The zero-order valence-corrected chi connectivity index (χ0v) is 19.0. The molecule has 2 aromatic rings. The Morgan fingerprint density at radius 1 is 1.00 bits per heavy atom. The van der Waals surface area contributed by atoms with E-state index in [2.05, 4.69) is 39.9 Å². The van der Waals surface area contributed by atoms with E-state index in [-0.39, 0.29) is 22.8 Å². The zero-order valence-electron chi connectivity index (χ0n) is 18.0. The largest absolute Gasteiger partial charge is 0.493 e. The molecule has 2 atom stereocenters. The molecule has 0 spiro atoms. The SMILES string of the molecule is CC(C)(C)[Si](C)(C)O[C@H]1C2=C(c3ccccc3)C(=O)C[C@@H]2COc2ccccc21. The number of rotatable bonds is 3. The molecular formula is C25H30O3Si. The summed E-state index contributed by atoms with van der Waals surface area (Å²) < 4.78 is 13.2. The maximum atomic E-state index is 13.1. The van der Waals surface area contributed by atoms with Crippen LogP contribution in [0.1, 0.15) is 44.4 Å². The number of para-hydroxylation sites is 1. The second-order valence-electron chi connectivity index (χ2n) is 9.63. The summed E-state index contributed by atoms with van der Waals surface area (Å²) in [6, 6.07) is 18.2. The summed E-state index contributed by atoms with van der Waals surface area (Å²) in [5.41, 5.74) is 3.96. The molecule has 0 bridgehead atoms. The molecule has 0 radical (unpaired) electrons. The Labute approximate surface area is 174 Å². The van der Waals surface area contributed by atoms with Crippen LogP contribution < -0.4 is 4.74 Å². The Morgan fingerprint density at radius 3 is 2.34 bits per heavy atom. The van der Waals surface area contributed by atoms with Gasteiger partial charge in [0.15, 0.2) is 14.1 Å². The maximum Gasteiger partial charge on any atom is 0.193 e. The molecule has 0 amide bonds. The van der Waals surface area contributed by atoms with Gasteiger partial charge in [-0.3, -0.25) is 4.79 Å². The van der Waals surface area contributed by atoms with Gasteiger partial charge in [0, 0.05) is 23.5 Å². The van der Waals surface area contributed by atoms with Crippen molar-refractivity contribution in [2.75, 3.05) is 6.61 Å². The molecule has 1 aliphatic carbocycles. The van der Waals surface area contributed by atoms with Gasteiger partial charge >= 0.3 is 0 Å². The molecule has 0 aromatic heterocycles. The number of carbonyl (C=O) groups is 1. The molecule has 0 N–H and O–H groups in total. The number of benzene rings is 2. The Morgan fingerprint density at radius 2 is 1.66 bits per heavy atom. The van der Waals surface area contributed by atoms with Gasteiger partial charge < -0.3 is 9.16 Å². The third kappa shape index (κ3) is 3.60. The Kier molecular flexibility index (Phi) is 5.04. The minimum Gasteiger partial charge on any atom is -0.493 e. The lowest BCUT2D eigenvalue weighted by atomic mass is 9.90. The molecule has 3 nitrogen and oxygen atoms in total. The number of ketones is 1. The molecule has 0 unspecified atom stereocenters. The summed E-state index contributed by atoms with van der Waals surface area (Å²) in [6.07, 6.45) is 0.242. The van der Waals surface area contributed by atoms with E-state index < -0.39 is 8.32 Å². The van der Waals surface area contributed by atoms with E-state index in [1.807, 2.05) is 48.5 Å². The molecule has 152 valence electrons. The number of carbonyl (C=O) groups excluding carboxylic acids is 1. The molecule has 29 heavy (non-hydrogen) atoms. The monoisotopic (exact) mass is 406 g/mol. The highest BCUT2D eigenvalue weighted by Crippen LogP contribution is 2.51. The van der Waals surface area contributed by atoms with E-state index in [9.17, 15) is 4.79 Å². The van der Waals surface area contributed by atoms with Crippen LogP contribution in [0.4, 0.5) is 0 Å². The molecule has 0 fully saturated rings. The zero-order chi connectivity index (χ0) is 20.8. The van der Waals surface area contributed by atoms with Gasteiger partial charge in [0.1, 0.15) is 5.75 Å². The van der Waals surface area contributed by atoms with Crippen LogP contribution in [-0.2, 0) is 9.22 Å². The molecule has 2 aromatic carbocycles. The van der Waals surface area contributed by atoms with Crippen LogP contribution in [0.15, 0.2) is 60.2 Å². The van der Waals surface area contributed by atoms with Crippen molar-refractivity contribution < 1.29 is 14.0 Å². The van der Waals surface area contributed by atoms with Gasteiger partial charge in [-0.25, -0.2) is 0 Å². The first-order chi connectivity index (χ1) is 13.7. The minimum absolute atomic E-state index is 0.0554. The van der Waals surface area contributed by atoms with Crippen LogP contribution in [0.5, 0.6) is 5.75 Å². The topological polar surface area (TPSA) is 35.5 Å². The first kappa shape index (κ1) is 20.1. The second-order valence-corrected chi connectivity index (χ2v) is 14.4. The van der Waals surface area contributed by atoms with Crippen LogP contribution in [0.2, 0.25) is 18.1 Å². The molecule has 1 heterocycles. The fraction of sp³-hybridized carbons (Fsp3) is 0.400. The van der Waals surface area contributed by atoms with Crippen molar-refractivity contribution in [2.45, 2.75) is 51.4 Å². The predicted molar refractivity (Wildman–Crippen MR) is 119 cm³/mol. The van der Waals surface area contributed by atoms with Crippen molar-refractivity contribution in [3.8, 4) is 5.75 Å². The van der Waals surface area contributed by atoms with E-state index in [0.717, 1.165) is 28.0 Å². The van der Waals surface area contributed by atoms with Gasteiger partial charge in [0.2, 0.25) is 0 Å². The molecular weight excluding hydrogens is 376 g/mol. The van der Waals surface area contributed by atoms with Gasteiger partial charge in [0.25, 0.3) is 0 Å². The molecule has 1 aliphatic heterocycles. The van der Waals surface area contributed by atoms with Crippen molar-refractivity contribution in [1.29, 1.82) is 0 Å². The average molecular weight is 407 g/mol. The summed E-state index contributed by atoms with van der Waals surface area (Å²) in [5.74, 6) is 1.13. The van der Waals surface area contributed by atoms with Crippen LogP contribution >= 0.6 is 0 Å². The standard InChI is InChI=1S/C25H30O3Si/c1-25(2,3)29(4,5)28-24-19-13-9-10-14-21(19)27-16-18-15-20(26)22(23(18)24)17-11-7-6-8-12-17/h6-14,18,24H,15-16H2,1-5H3/t18-,24-/m1/s1. The number of allylic oxidation sites excluding steroid dienone is 1. The number of fused-ring (bicyclic) bond motifs is 2. The average Bonchev–Trinajstić information content (AvgIpc) is 2.93. The van der Waals surface area contributed by atoms with Gasteiger partial charge in [0.05, 0.1) is 12.7 Å². The highest BCUT2D eigenvalue weighted by molar-refractivity contribution is 6.74. The van der Waals surface area contributed by atoms with Crippen LogP contribution in [0.3, 0.4) is 0 Å². The minimum atomic E-state index is -2.10. The fourth-order valence-corrected chi connectivity index (χ4v) is 5.21. The third-order valence-electron chi connectivity index (χ3n) is 6.64. The molecule has 2 aliphatic rings. The molecule has 4 rings (SSSR count). The Hall–Kier alpha value is -2.17. The third-order valence-corrected chi connectivity index (χ3v) is 11.1. The van der Waals surface area contributed by atoms with Gasteiger partial charge in [-0.1, -0.05) is 69.3 Å². The van der Waals surface area contributed by atoms with E-state index >= 15 is 0 Å². The van der Waals surface area contributed by atoms with Crippen molar-refractivity contribution in [1.82, 2.24) is 0 Å². The van der Waals surface area contributed by atoms with Crippen molar-refractivity contribution in [3.05, 3.63) is 71.3 Å². The predicted octanol–water partition coefficient (Wildman–Crippen LogP) is 6.18. The van der Waals surface area contributed by atoms with Crippen molar-refractivity contribution in [2.24, 2.45) is 5.92 Å². The normalized spacial score (nSPS) is 22.0. The van der Waals surface area contributed by atoms with Gasteiger partial charge in [-0.2, -0.15) is 0 Å². The van der Waals surface area contributed by atoms with Gasteiger partial charge in [-0.15, -0.1) is 0 Å². The fourth-order valence-electron chi connectivity index (χ4n) is 4.01. The quantitative estimate of drug-likeness (QED) is 0.571. The lowest BCUT2D eigenvalue weighted by Gasteiger charge is -2.40. The summed E-state index contributed by atoms with van der Waals surface area (Å²) >= 11 is 0. The van der Waals surface area contributed by atoms with Crippen LogP contribution in [0.25, 0.3) is 5.57 Å². The van der Waals surface area contributed by atoms with E-state index in [4.69, 9.17) is 9.16 Å². The number of ether oxygens (including phenoxy) is 1. The number of hydrogen-bond donors (Lipinski definition) is 0. The van der Waals surface area contributed by atoms with Crippen LogP contribution in [0, 0.1) is 5.92 Å². The summed E-state index contributed by atoms with van der Waals surface area (Å²) in [7, 11) is -2.10.